The Morgan fingerprint density at radius 2 is 1.94 bits per heavy atom. The Bertz CT molecular complexity index is 1160. The monoisotopic (exact) mass is 508 g/mol. The second kappa shape index (κ2) is 10.6. The molecule has 0 aliphatic carbocycles. The highest BCUT2D eigenvalue weighted by Gasteiger charge is 2.31. The van der Waals surface area contributed by atoms with E-state index in [4.69, 9.17) is 4.74 Å². The van der Waals surface area contributed by atoms with E-state index in [1.807, 2.05) is 19.9 Å². The normalized spacial score (nSPS) is 15.9. The Balaban J connectivity index is 1.59. The number of ether oxygens (including phenoxy) is 2. The molecule has 9 nitrogen and oxygen atoms in total. The molecule has 186 valence electrons. The van der Waals surface area contributed by atoms with Gasteiger partial charge in [0.2, 0.25) is 0 Å². The molecule has 1 aliphatic heterocycles. The number of halogens is 3. The van der Waals surface area contributed by atoms with Crippen molar-refractivity contribution in [3.8, 4) is 11.4 Å². The number of nitrogens with one attached hydrogen (secondary N) is 1. The van der Waals surface area contributed by atoms with Crippen LogP contribution in [0.2, 0.25) is 0 Å². The number of benzene rings is 1. The average Bonchev–Trinajstić information content (AvgIpc) is 3.45. The van der Waals surface area contributed by atoms with Gasteiger partial charge in [-0.2, -0.15) is 0 Å². The van der Waals surface area contributed by atoms with E-state index in [1.165, 1.54) is 40.7 Å². The summed E-state index contributed by atoms with van der Waals surface area (Å²) in [5.41, 5.74) is 2.59. The van der Waals surface area contributed by atoms with Crippen molar-refractivity contribution in [1.82, 2.24) is 30.3 Å². The number of aryl methyl sites for hydroxylation is 2. The minimum Gasteiger partial charge on any atom is -0.406 e. The molecule has 1 aliphatic rings. The number of rotatable bonds is 8. The first kappa shape index (κ1) is 24.9. The fraction of sp³-hybridized carbons (Fsp3) is 0.409. The van der Waals surface area contributed by atoms with Crippen LogP contribution in [0.1, 0.15) is 40.4 Å². The Morgan fingerprint density at radius 1 is 1.23 bits per heavy atom. The summed E-state index contributed by atoms with van der Waals surface area (Å²) in [6, 6.07) is 7.01. The molecule has 1 N–H and O–H groups in total. The first-order valence-corrected chi connectivity index (χ1v) is 11.8. The first-order chi connectivity index (χ1) is 16.7. The largest absolute Gasteiger partial charge is 0.573 e. The van der Waals surface area contributed by atoms with Crippen LogP contribution in [0, 0.1) is 13.8 Å². The predicted octanol–water partition coefficient (Wildman–Crippen LogP) is 3.77. The lowest BCUT2D eigenvalue weighted by Gasteiger charge is -2.12. The van der Waals surface area contributed by atoms with Crippen LogP contribution >= 0.6 is 11.8 Å². The van der Waals surface area contributed by atoms with E-state index >= 15 is 0 Å². The van der Waals surface area contributed by atoms with E-state index < -0.39 is 12.3 Å². The summed E-state index contributed by atoms with van der Waals surface area (Å²) < 4.78 is 48.4. The highest BCUT2D eigenvalue weighted by molar-refractivity contribution is 7.98. The zero-order valence-electron chi connectivity index (χ0n) is 19.0. The number of hydrogen-bond acceptors (Lipinski definition) is 8. The van der Waals surface area contributed by atoms with E-state index in [0.717, 1.165) is 24.2 Å². The van der Waals surface area contributed by atoms with Crippen molar-refractivity contribution in [1.29, 1.82) is 0 Å². The Morgan fingerprint density at radius 3 is 2.57 bits per heavy atom. The SMILES string of the molecule is Cc1cc(C)nc(SCc2c(C(=O)NCC3CCCO3)nnn2-c2ccc(OC(F)(F)F)cc2)n1. The summed E-state index contributed by atoms with van der Waals surface area (Å²) in [6.07, 6.45) is -3.03. The number of thioether (sulfide) groups is 1. The number of carbonyl (C=O) groups is 1. The Labute approximate surface area is 203 Å². The summed E-state index contributed by atoms with van der Waals surface area (Å²) in [5, 5.41) is 11.5. The van der Waals surface area contributed by atoms with Crippen molar-refractivity contribution < 1.29 is 27.4 Å². The molecule has 1 saturated heterocycles. The van der Waals surface area contributed by atoms with E-state index in [2.05, 4.69) is 30.3 Å². The maximum atomic E-state index is 12.9. The van der Waals surface area contributed by atoms with E-state index in [-0.39, 0.29) is 23.3 Å². The smallest absolute Gasteiger partial charge is 0.406 e. The predicted molar refractivity (Wildman–Crippen MR) is 120 cm³/mol. The minimum absolute atomic E-state index is 0.0448. The van der Waals surface area contributed by atoms with Gasteiger partial charge in [0.1, 0.15) is 5.75 Å². The van der Waals surface area contributed by atoms with Crippen LogP contribution in [0.5, 0.6) is 5.75 Å². The van der Waals surface area contributed by atoms with Crippen molar-refractivity contribution in [3.63, 3.8) is 0 Å². The highest BCUT2D eigenvalue weighted by atomic mass is 32.2. The first-order valence-electron chi connectivity index (χ1n) is 10.8. The third-order valence-corrected chi connectivity index (χ3v) is 5.97. The molecule has 1 unspecified atom stereocenters. The molecule has 13 heteroatoms. The van der Waals surface area contributed by atoms with E-state index in [1.54, 1.807) is 0 Å². The molecular formula is C22H23F3N6O3S. The standard InChI is InChI=1S/C22H23F3N6O3S/c1-13-10-14(2)28-21(27-13)35-12-18-19(20(32)26-11-17-4-3-9-33-17)29-30-31(18)15-5-7-16(8-6-15)34-22(23,24)25/h5-8,10,17H,3-4,9,11-12H2,1-2H3,(H,26,32). The van der Waals surface area contributed by atoms with Crippen molar-refractivity contribution in [2.45, 2.75) is 50.1 Å². The molecule has 1 fully saturated rings. The topological polar surface area (TPSA) is 104 Å². The highest BCUT2D eigenvalue weighted by Crippen LogP contribution is 2.26. The van der Waals surface area contributed by atoms with Crippen molar-refractivity contribution in [3.05, 3.63) is 53.1 Å². The number of nitrogens with zero attached hydrogens (tertiary/aromatic N) is 5. The van der Waals surface area contributed by atoms with Gasteiger partial charge in [-0.3, -0.25) is 4.79 Å². The van der Waals surface area contributed by atoms with Gasteiger partial charge in [0, 0.05) is 30.3 Å². The molecular weight excluding hydrogens is 485 g/mol. The maximum absolute atomic E-state index is 12.9. The third-order valence-electron chi connectivity index (χ3n) is 5.11. The molecule has 1 aromatic carbocycles. The second-order valence-corrected chi connectivity index (χ2v) is 8.85. The number of alkyl halides is 3. The van der Waals surface area contributed by atoms with Crippen molar-refractivity contribution >= 4 is 17.7 Å². The van der Waals surface area contributed by atoms with Gasteiger partial charge in [-0.05, 0) is 57.0 Å². The summed E-state index contributed by atoms with van der Waals surface area (Å²) >= 11 is 1.30. The summed E-state index contributed by atoms with van der Waals surface area (Å²) in [7, 11) is 0. The van der Waals surface area contributed by atoms with Crippen LogP contribution in [-0.4, -0.2) is 56.5 Å². The summed E-state index contributed by atoms with van der Waals surface area (Å²) in [4.78, 5) is 21.7. The van der Waals surface area contributed by atoms with Crippen LogP contribution in [0.3, 0.4) is 0 Å². The lowest BCUT2D eigenvalue weighted by molar-refractivity contribution is -0.274. The van der Waals surface area contributed by atoms with Crippen LogP contribution in [0.4, 0.5) is 13.2 Å². The van der Waals surface area contributed by atoms with Crippen molar-refractivity contribution in [2.75, 3.05) is 13.2 Å². The molecule has 0 radical (unpaired) electrons. The van der Waals surface area contributed by atoms with Crippen molar-refractivity contribution in [2.24, 2.45) is 0 Å². The van der Waals surface area contributed by atoms with Crippen LogP contribution < -0.4 is 10.1 Å². The van der Waals surface area contributed by atoms with Gasteiger partial charge in [0.05, 0.1) is 17.5 Å². The molecule has 1 amide bonds. The van der Waals surface area contributed by atoms with Gasteiger partial charge < -0.3 is 14.8 Å². The number of hydrogen-bond donors (Lipinski definition) is 1. The molecule has 4 rings (SSSR count). The van der Waals surface area contributed by atoms with Crippen LogP contribution in [-0.2, 0) is 10.5 Å². The fourth-order valence-corrected chi connectivity index (χ4v) is 4.53. The Hall–Kier alpha value is -3.19. The lowest BCUT2D eigenvalue weighted by atomic mass is 10.2. The molecule has 0 spiro atoms. The van der Waals surface area contributed by atoms with Crippen LogP contribution in [0.25, 0.3) is 5.69 Å². The molecule has 2 aromatic heterocycles. The van der Waals surface area contributed by atoms with Gasteiger partial charge in [-0.15, -0.1) is 18.3 Å². The molecule has 1 atom stereocenters. The average molecular weight is 509 g/mol. The van der Waals surface area contributed by atoms with Gasteiger partial charge >= 0.3 is 6.36 Å². The number of amides is 1. The molecule has 35 heavy (non-hydrogen) atoms. The van der Waals surface area contributed by atoms with E-state index in [0.29, 0.717) is 29.7 Å². The second-order valence-electron chi connectivity index (χ2n) is 7.91. The number of carbonyl (C=O) groups excluding carboxylic acids is 1. The minimum atomic E-state index is -4.79. The third kappa shape index (κ3) is 6.69. The molecule has 3 heterocycles. The fourth-order valence-electron chi connectivity index (χ4n) is 3.59. The van der Waals surface area contributed by atoms with Gasteiger partial charge in [0.25, 0.3) is 5.91 Å². The van der Waals surface area contributed by atoms with Gasteiger partial charge in [0.15, 0.2) is 10.9 Å². The number of aromatic nitrogens is 5. The quantitative estimate of drug-likeness (QED) is 0.362. The van der Waals surface area contributed by atoms with Gasteiger partial charge in [-0.25, -0.2) is 14.6 Å². The Kier molecular flexibility index (Phi) is 7.55. The lowest BCUT2D eigenvalue weighted by Crippen LogP contribution is -2.32. The zero-order valence-corrected chi connectivity index (χ0v) is 19.8. The maximum Gasteiger partial charge on any atom is 0.573 e. The molecule has 3 aromatic rings. The van der Waals surface area contributed by atoms with E-state index in [9.17, 15) is 18.0 Å². The van der Waals surface area contributed by atoms with Gasteiger partial charge in [-0.1, -0.05) is 17.0 Å². The van der Waals surface area contributed by atoms with Crippen LogP contribution in [0.15, 0.2) is 35.5 Å². The summed E-state index contributed by atoms with van der Waals surface area (Å²) in [6.45, 7) is 4.74. The zero-order chi connectivity index (χ0) is 25.0. The molecule has 0 bridgehead atoms. The molecule has 0 saturated carbocycles. The summed E-state index contributed by atoms with van der Waals surface area (Å²) in [5.74, 6) is -0.532.